The van der Waals surface area contributed by atoms with Crippen LogP contribution in [0.1, 0.15) is 37.0 Å². The number of carbonyl (C=O) groups excluding carboxylic acids is 1. The fourth-order valence-corrected chi connectivity index (χ4v) is 1.75. The van der Waals surface area contributed by atoms with E-state index in [1.165, 1.54) is 18.2 Å². The number of nitrogens with one attached hydrogen (secondary N) is 1. The molecule has 0 atom stereocenters. The Balaban J connectivity index is 2.66. The molecule has 0 saturated carbocycles. The largest absolute Gasteiger partial charge is 0.483 e. The predicted octanol–water partition coefficient (Wildman–Crippen LogP) is 1.65. The molecule has 0 unspecified atom stereocenters. The molecule has 1 aromatic rings. The summed E-state index contributed by atoms with van der Waals surface area (Å²) in [5.41, 5.74) is 5.80. The van der Waals surface area contributed by atoms with E-state index in [1.807, 2.05) is 13.8 Å². The number of hydrogen-bond acceptors (Lipinski definition) is 4. The van der Waals surface area contributed by atoms with Crippen LogP contribution >= 0.6 is 0 Å². The van der Waals surface area contributed by atoms with E-state index in [0.717, 1.165) is 12.8 Å². The Hall–Kier alpha value is -2.24. The first kappa shape index (κ1) is 15.8. The number of nitrogens with two attached hydrogens (primary N) is 1. The molecule has 0 aromatic heterocycles. The van der Waals surface area contributed by atoms with Gasteiger partial charge in [-0.05, 0) is 31.0 Å². The molecule has 1 rings (SSSR count). The van der Waals surface area contributed by atoms with E-state index in [9.17, 15) is 9.59 Å². The Bertz CT molecular complexity index is 484. The molecule has 4 N–H and O–H groups in total. The molecule has 6 heteroatoms. The number of carboxylic acids is 1. The molecule has 0 aliphatic carbocycles. The highest BCUT2D eigenvalue weighted by Gasteiger charge is 2.14. The number of benzene rings is 1. The van der Waals surface area contributed by atoms with Gasteiger partial charge in [0.05, 0.1) is 0 Å². The van der Waals surface area contributed by atoms with Crippen molar-refractivity contribution in [2.75, 3.05) is 12.3 Å². The molecule has 0 bridgehead atoms. The van der Waals surface area contributed by atoms with Crippen molar-refractivity contribution in [3.05, 3.63) is 23.8 Å². The maximum absolute atomic E-state index is 11.7. The van der Waals surface area contributed by atoms with Crippen molar-refractivity contribution in [2.24, 2.45) is 0 Å². The van der Waals surface area contributed by atoms with Crippen LogP contribution in [0.4, 0.5) is 5.69 Å². The number of rotatable bonds is 7. The molecule has 0 aliphatic heterocycles. The molecule has 0 heterocycles. The lowest BCUT2D eigenvalue weighted by molar-refractivity contribution is -0.123. The summed E-state index contributed by atoms with van der Waals surface area (Å²) in [6, 6.07) is 4.39. The molecule has 0 radical (unpaired) electrons. The topological polar surface area (TPSA) is 102 Å². The van der Waals surface area contributed by atoms with Crippen molar-refractivity contribution in [3.8, 4) is 5.75 Å². The van der Waals surface area contributed by atoms with Crippen LogP contribution in [0.3, 0.4) is 0 Å². The van der Waals surface area contributed by atoms with Crippen molar-refractivity contribution in [1.29, 1.82) is 0 Å². The van der Waals surface area contributed by atoms with E-state index in [0.29, 0.717) is 5.69 Å². The average Bonchev–Trinajstić information content (AvgIpc) is 2.43. The second kappa shape index (κ2) is 7.37. The minimum absolute atomic E-state index is 0.0552. The Morgan fingerprint density at radius 3 is 2.55 bits per heavy atom. The number of nitrogen functional groups attached to an aromatic ring is 1. The van der Waals surface area contributed by atoms with E-state index in [4.69, 9.17) is 15.6 Å². The highest BCUT2D eigenvalue weighted by Crippen LogP contribution is 2.21. The number of ether oxygens (including phenoxy) is 1. The van der Waals surface area contributed by atoms with E-state index < -0.39 is 5.97 Å². The summed E-state index contributed by atoms with van der Waals surface area (Å²) in [6.45, 7) is 3.75. The fraction of sp³-hybridized carbons (Fsp3) is 0.429. The minimum Gasteiger partial charge on any atom is -0.483 e. The van der Waals surface area contributed by atoms with Gasteiger partial charge in [0.15, 0.2) is 6.61 Å². The lowest BCUT2D eigenvalue weighted by atomic mass is 10.2. The second-order valence-electron chi connectivity index (χ2n) is 4.43. The standard InChI is InChI=1S/C14H20N2O4/c1-3-10(4-2)16-13(17)8-20-12-6-5-9(15)7-11(12)14(18)19/h5-7,10H,3-4,8,15H2,1-2H3,(H,16,17)(H,18,19). The zero-order valence-electron chi connectivity index (χ0n) is 11.7. The lowest BCUT2D eigenvalue weighted by Gasteiger charge is -2.15. The number of carboxylic acid groups (broad SMARTS) is 1. The SMILES string of the molecule is CCC(CC)NC(=O)COc1ccc(N)cc1C(=O)O. The van der Waals surface area contributed by atoms with Crippen molar-refractivity contribution >= 4 is 17.6 Å². The predicted molar refractivity (Wildman–Crippen MR) is 75.8 cm³/mol. The molecule has 1 aromatic carbocycles. The van der Waals surface area contributed by atoms with Crippen LogP contribution in [0.5, 0.6) is 5.75 Å². The Labute approximate surface area is 117 Å². The number of anilines is 1. The van der Waals surface area contributed by atoms with Crippen LogP contribution < -0.4 is 15.8 Å². The van der Waals surface area contributed by atoms with Gasteiger partial charge in [0, 0.05) is 11.7 Å². The first-order valence-electron chi connectivity index (χ1n) is 6.52. The molecule has 6 nitrogen and oxygen atoms in total. The number of carbonyl (C=O) groups is 2. The minimum atomic E-state index is -1.15. The Morgan fingerprint density at radius 2 is 2.00 bits per heavy atom. The van der Waals surface area contributed by atoms with Crippen LogP contribution in [-0.2, 0) is 4.79 Å². The Morgan fingerprint density at radius 1 is 1.35 bits per heavy atom. The summed E-state index contributed by atoms with van der Waals surface area (Å²) in [7, 11) is 0. The molecule has 0 fully saturated rings. The number of amides is 1. The van der Waals surface area contributed by atoms with Crippen LogP contribution in [0.2, 0.25) is 0 Å². The quantitative estimate of drug-likeness (QED) is 0.659. The van der Waals surface area contributed by atoms with Crippen molar-refractivity contribution in [3.63, 3.8) is 0 Å². The van der Waals surface area contributed by atoms with Gasteiger partial charge in [0.1, 0.15) is 11.3 Å². The summed E-state index contributed by atoms with van der Waals surface area (Å²) < 4.78 is 5.26. The molecule has 1 amide bonds. The third kappa shape index (κ3) is 4.46. The van der Waals surface area contributed by atoms with Gasteiger partial charge in [0.25, 0.3) is 5.91 Å². The van der Waals surface area contributed by atoms with E-state index >= 15 is 0 Å². The van der Waals surface area contributed by atoms with Crippen LogP contribution in [-0.4, -0.2) is 29.6 Å². The van der Waals surface area contributed by atoms with Gasteiger partial charge < -0.3 is 20.9 Å². The molecule has 0 saturated heterocycles. The number of hydrogen-bond donors (Lipinski definition) is 3. The highest BCUT2D eigenvalue weighted by molar-refractivity contribution is 5.92. The maximum Gasteiger partial charge on any atom is 0.339 e. The van der Waals surface area contributed by atoms with Gasteiger partial charge in [-0.25, -0.2) is 4.79 Å². The molecular formula is C14H20N2O4. The summed E-state index contributed by atoms with van der Waals surface area (Å²) in [6.07, 6.45) is 1.68. The van der Waals surface area contributed by atoms with Crippen molar-refractivity contribution < 1.29 is 19.4 Å². The lowest BCUT2D eigenvalue weighted by Crippen LogP contribution is -2.37. The number of aromatic carboxylic acids is 1. The van der Waals surface area contributed by atoms with Crippen LogP contribution in [0.15, 0.2) is 18.2 Å². The third-order valence-corrected chi connectivity index (χ3v) is 2.94. The van der Waals surface area contributed by atoms with Gasteiger partial charge in [-0.3, -0.25) is 4.79 Å². The van der Waals surface area contributed by atoms with Crippen molar-refractivity contribution in [2.45, 2.75) is 32.7 Å². The molecule has 0 aliphatic rings. The average molecular weight is 280 g/mol. The maximum atomic E-state index is 11.7. The van der Waals surface area contributed by atoms with Gasteiger partial charge in [-0.15, -0.1) is 0 Å². The van der Waals surface area contributed by atoms with Crippen LogP contribution in [0.25, 0.3) is 0 Å². The van der Waals surface area contributed by atoms with Crippen LogP contribution in [0, 0.1) is 0 Å². The third-order valence-electron chi connectivity index (χ3n) is 2.94. The summed E-state index contributed by atoms with van der Waals surface area (Å²) >= 11 is 0. The zero-order valence-corrected chi connectivity index (χ0v) is 11.7. The monoisotopic (exact) mass is 280 g/mol. The molecular weight excluding hydrogens is 260 g/mol. The van der Waals surface area contributed by atoms with E-state index in [2.05, 4.69) is 5.32 Å². The first-order valence-corrected chi connectivity index (χ1v) is 6.52. The van der Waals surface area contributed by atoms with E-state index in [1.54, 1.807) is 0 Å². The molecule has 0 spiro atoms. The van der Waals surface area contributed by atoms with E-state index in [-0.39, 0.29) is 29.9 Å². The Kier molecular flexibility index (Phi) is 5.83. The van der Waals surface area contributed by atoms with Gasteiger partial charge in [0.2, 0.25) is 0 Å². The first-order chi connectivity index (χ1) is 9.47. The van der Waals surface area contributed by atoms with Crippen molar-refractivity contribution in [1.82, 2.24) is 5.32 Å². The smallest absolute Gasteiger partial charge is 0.339 e. The fourth-order valence-electron chi connectivity index (χ4n) is 1.75. The van der Waals surface area contributed by atoms with Gasteiger partial charge in [-0.2, -0.15) is 0 Å². The summed E-state index contributed by atoms with van der Waals surface area (Å²) in [5, 5.41) is 11.9. The summed E-state index contributed by atoms with van der Waals surface area (Å²) in [4.78, 5) is 22.7. The second-order valence-corrected chi connectivity index (χ2v) is 4.43. The summed E-state index contributed by atoms with van der Waals surface area (Å²) in [5.74, 6) is -1.29. The highest BCUT2D eigenvalue weighted by atomic mass is 16.5. The normalized spacial score (nSPS) is 10.3. The zero-order chi connectivity index (χ0) is 15.1. The molecule has 110 valence electrons. The van der Waals surface area contributed by atoms with Gasteiger partial charge in [-0.1, -0.05) is 13.8 Å². The van der Waals surface area contributed by atoms with Gasteiger partial charge >= 0.3 is 5.97 Å². The molecule has 20 heavy (non-hydrogen) atoms.